The molecule has 0 bridgehead atoms. The zero-order valence-electron chi connectivity index (χ0n) is 17.7. The lowest BCUT2D eigenvalue weighted by Gasteiger charge is -2.29. The third-order valence-corrected chi connectivity index (χ3v) is 4.96. The number of aryl methyl sites for hydroxylation is 2. The molecule has 0 saturated carbocycles. The third-order valence-electron chi connectivity index (χ3n) is 4.59. The van der Waals surface area contributed by atoms with Crippen LogP contribution >= 0.6 is 11.6 Å². The van der Waals surface area contributed by atoms with Crippen molar-refractivity contribution in [3.63, 3.8) is 0 Å². The molecule has 0 aromatic heterocycles. The van der Waals surface area contributed by atoms with E-state index in [0.717, 1.165) is 16.7 Å². The van der Waals surface area contributed by atoms with Gasteiger partial charge < -0.3 is 15.0 Å². The normalized spacial score (nSPS) is 11.8. The van der Waals surface area contributed by atoms with Gasteiger partial charge in [0.2, 0.25) is 5.91 Å². The van der Waals surface area contributed by atoms with Crippen LogP contribution in [0.2, 0.25) is 5.02 Å². The predicted molar refractivity (Wildman–Crippen MR) is 116 cm³/mol. The van der Waals surface area contributed by atoms with Crippen molar-refractivity contribution in [1.29, 1.82) is 0 Å². The second-order valence-electron chi connectivity index (χ2n) is 7.51. The number of nitrogens with zero attached hydrogens (tertiary/aromatic N) is 1. The second-order valence-corrected chi connectivity index (χ2v) is 7.92. The molecule has 0 spiro atoms. The van der Waals surface area contributed by atoms with Gasteiger partial charge in [-0.2, -0.15) is 0 Å². The van der Waals surface area contributed by atoms with Crippen LogP contribution in [-0.4, -0.2) is 35.4 Å². The number of carbonyl (C=O) groups excluding carboxylic acids is 2. The standard InChI is InChI=1S/C23H29ClN2O3/c1-15(2)25-23(28)18(5)26(13-19-8-6-7-9-20(19)24)22(27)14-29-21-12-16(3)10-11-17(21)4/h6-12,15,18H,13-14H2,1-5H3,(H,25,28)/t18-/m0/s1. The van der Waals surface area contributed by atoms with E-state index in [1.54, 1.807) is 13.0 Å². The van der Waals surface area contributed by atoms with Crippen LogP contribution < -0.4 is 10.1 Å². The van der Waals surface area contributed by atoms with E-state index in [4.69, 9.17) is 16.3 Å². The molecule has 5 nitrogen and oxygen atoms in total. The number of carbonyl (C=O) groups is 2. The van der Waals surface area contributed by atoms with Crippen molar-refractivity contribution in [3.8, 4) is 5.75 Å². The Kier molecular flexibility index (Phi) is 8.09. The van der Waals surface area contributed by atoms with Crippen LogP contribution in [0.5, 0.6) is 5.75 Å². The molecule has 2 aromatic carbocycles. The minimum absolute atomic E-state index is 0.0200. The first kappa shape index (κ1) is 22.8. The Morgan fingerprint density at radius 2 is 1.79 bits per heavy atom. The van der Waals surface area contributed by atoms with E-state index in [9.17, 15) is 9.59 Å². The molecule has 6 heteroatoms. The summed E-state index contributed by atoms with van der Waals surface area (Å²) in [6, 6.07) is 12.5. The van der Waals surface area contributed by atoms with Crippen LogP contribution in [0.4, 0.5) is 0 Å². The molecule has 0 fully saturated rings. The molecule has 0 saturated heterocycles. The summed E-state index contributed by atoms with van der Waals surface area (Å²) >= 11 is 6.28. The van der Waals surface area contributed by atoms with Gasteiger partial charge in [0.15, 0.2) is 6.61 Å². The lowest BCUT2D eigenvalue weighted by atomic mass is 10.1. The maximum Gasteiger partial charge on any atom is 0.261 e. The van der Waals surface area contributed by atoms with E-state index in [2.05, 4.69) is 5.32 Å². The van der Waals surface area contributed by atoms with Gasteiger partial charge in [0.1, 0.15) is 11.8 Å². The zero-order chi connectivity index (χ0) is 21.6. The van der Waals surface area contributed by atoms with Crippen molar-refractivity contribution in [2.24, 2.45) is 0 Å². The summed E-state index contributed by atoms with van der Waals surface area (Å²) in [5.74, 6) is 0.166. The fourth-order valence-electron chi connectivity index (χ4n) is 2.88. The molecule has 0 heterocycles. The molecule has 0 radical (unpaired) electrons. The Balaban J connectivity index is 2.20. The van der Waals surface area contributed by atoms with Gasteiger partial charge >= 0.3 is 0 Å². The SMILES string of the molecule is Cc1ccc(C)c(OCC(=O)N(Cc2ccccc2Cl)[C@@H](C)C(=O)NC(C)C)c1. The van der Waals surface area contributed by atoms with Gasteiger partial charge in [-0.3, -0.25) is 9.59 Å². The maximum atomic E-state index is 13.0. The quantitative estimate of drug-likeness (QED) is 0.698. The van der Waals surface area contributed by atoms with Crippen LogP contribution in [-0.2, 0) is 16.1 Å². The maximum absolute atomic E-state index is 13.0. The Bertz CT molecular complexity index is 867. The molecule has 2 amide bonds. The van der Waals surface area contributed by atoms with Crippen molar-refractivity contribution in [2.75, 3.05) is 6.61 Å². The number of hydrogen-bond donors (Lipinski definition) is 1. The van der Waals surface area contributed by atoms with Crippen LogP contribution in [0.3, 0.4) is 0 Å². The molecule has 0 unspecified atom stereocenters. The van der Waals surface area contributed by atoms with E-state index in [-0.39, 0.29) is 31.0 Å². The summed E-state index contributed by atoms with van der Waals surface area (Å²) in [5.41, 5.74) is 2.78. The highest BCUT2D eigenvalue weighted by Crippen LogP contribution is 2.21. The average Bonchev–Trinajstić information content (AvgIpc) is 2.66. The van der Waals surface area contributed by atoms with Gasteiger partial charge in [-0.05, 0) is 63.4 Å². The summed E-state index contributed by atoms with van der Waals surface area (Å²) < 4.78 is 5.78. The molecular weight excluding hydrogens is 388 g/mol. The fourth-order valence-corrected chi connectivity index (χ4v) is 3.08. The summed E-state index contributed by atoms with van der Waals surface area (Å²) in [6.45, 7) is 9.44. The van der Waals surface area contributed by atoms with E-state index < -0.39 is 6.04 Å². The summed E-state index contributed by atoms with van der Waals surface area (Å²) in [5, 5.41) is 3.41. The van der Waals surface area contributed by atoms with Crippen molar-refractivity contribution in [1.82, 2.24) is 10.2 Å². The summed E-state index contributed by atoms with van der Waals surface area (Å²) in [6.07, 6.45) is 0. The number of hydrogen-bond acceptors (Lipinski definition) is 3. The zero-order valence-corrected chi connectivity index (χ0v) is 18.4. The highest BCUT2D eigenvalue weighted by molar-refractivity contribution is 6.31. The highest BCUT2D eigenvalue weighted by Gasteiger charge is 2.27. The first-order chi connectivity index (χ1) is 13.7. The van der Waals surface area contributed by atoms with Crippen LogP contribution in [0, 0.1) is 13.8 Å². The third kappa shape index (κ3) is 6.50. The number of rotatable bonds is 8. The molecule has 1 atom stereocenters. The molecule has 2 aromatic rings. The van der Waals surface area contributed by atoms with Gasteiger partial charge in [-0.15, -0.1) is 0 Å². The van der Waals surface area contributed by atoms with Crippen molar-refractivity contribution >= 4 is 23.4 Å². The smallest absolute Gasteiger partial charge is 0.261 e. The van der Waals surface area contributed by atoms with E-state index >= 15 is 0 Å². The van der Waals surface area contributed by atoms with E-state index in [1.165, 1.54) is 4.90 Å². The average molecular weight is 417 g/mol. The number of amides is 2. The Hall–Kier alpha value is -2.53. The molecule has 2 rings (SSSR count). The van der Waals surface area contributed by atoms with Gasteiger partial charge in [0, 0.05) is 17.6 Å². The second kappa shape index (κ2) is 10.3. The van der Waals surface area contributed by atoms with Crippen LogP contribution in [0.25, 0.3) is 0 Å². The van der Waals surface area contributed by atoms with Crippen molar-refractivity contribution < 1.29 is 14.3 Å². The number of halogens is 1. The molecule has 156 valence electrons. The van der Waals surface area contributed by atoms with Gasteiger partial charge in [0.25, 0.3) is 5.91 Å². The van der Waals surface area contributed by atoms with Crippen LogP contribution in [0.1, 0.15) is 37.5 Å². The lowest BCUT2D eigenvalue weighted by molar-refractivity contribution is -0.142. The van der Waals surface area contributed by atoms with Gasteiger partial charge in [-0.25, -0.2) is 0 Å². The Labute approximate surface area is 178 Å². The molecule has 1 N–H and O–H groups in total. The molecule has 0 aliphatic rings. The van der Waals surface area contributed by atoms with Crippen LogP contribution in [0.15, 0.2) is 42.5 Å². The van der Waals surface area contributed by atoms with Gasteiger partial charge in [0.05, 0.1) is 0 Å². The minimum atomic E-state index is -0.664. The predicted octanol–water partition coefficient (Wildman–Crippen LogP) is 4.28. The molecule has 0 aliphatic heterocycles. The summed E-state index contributed by atoms with van der Waals surface area (Å²) in [4.78, 5) is 27.1. The fraction of sp³-hybridized carbons (Fsp3) is 0.391. The first-order valence-electron chi connectivity index (χ1n) is 9.72. The molecular formula is C23H29ClN2O3. The topological polar surface area (TPSA) is 58.6 Å². The van der Waals surface area contributed by atoms with Gasteiger partial charge in [-0.1, -0.05) is 41.9 Å². The molecule has 29 heavy (non-hydrogen) atoms. The lowest BCUT2D eigenvalue weighted by Crippen LogP contribution is -2.50. The van der Waals surface area contributed by atoms with Crippen molar-refractivity contribution in [2.45, 2.75) is 53.2 Å². The Morgan fingerprint density at radius 1 is 1.10 bits per heavy atom. The monoisotopic (exact) mass is 416 g/mol. The van der Waals surface area contributed by atoms with E-state index in [0.29, 0.717) is 10.8 Å². The number of benzene rings is 2. The Morgan fingerprint density at radius 3 is 2.45 bits per heavy atom. The summed E-state index contributed by atoms with van der Waals surface area (Å²) in [7, 11) is 0. The van der Waals surface area contributed by atoms with E-state index in [1.807, 2.05) is 64.1 Å². The first-order valence-corrected chi connectivity index (χ1v) is 10.1. The number of ether oxygens (including phenoxy) is 1. The highest BCUT2D eigenvalue weighted by atomic mass is 35.5. The minimum Gasteiger partial charge on any atom is -0.483 e. The van der Waals surface area contributed by atoms with Crippen molar-refractivity contribution in [3.05, 3.63) is 64.2 Å². The number of nitrogens with one attached hydrogen (secondary N) is 1. The largest absolute Gasteiger partial charge is 0.483 e. The molecule has 0 aliphatic carbocycles.